The average molecular weight is 349 g/mol. The van der Waals surface area contributed by atoms with Crippen LogP contribution in [0.1, 0.15) is 25.7 Å². The summed E-state index contributed by atoms with van der Waals surface area (Å²) in [6.45, 7) is -0.521. The fourth-order valence-electron chi connectivity index (χ4n) is 3.44. The molecule has 0 radical (unpaired) electrons. The molecule has 8 nitrogen and oxygen atoms in total. The van der Waals surface area contributed by atoms with Crippen molar-refractivity contribution in [3.05, 3.63) is 34.1 Å². The minimum absolute atomic E-state index is 0.365. The van der Waals surface area contributed by atoms with Crippen LogP contribution in [0.4, 0.5) is 15.8 Å². The third kappa shape index (κ3) is 3.21. The number of non-ortho nitro benzene ring substituents is 1. The number of halogens is 1. The van der Waals surface area contributed by atoms with Gasteiger partial charge in [-0.2, -0.15) is 0 Å². The predicted molar refractivity (Wildman–Crippen MR) is 83.9 cm³/mol. The summed E-state index contributed by atoms with van der Waals surface area (Å²) in [7, 11) is 0. The average Bonchev–Trinajstić information content (AvgIpc) is 2.82. The van der Waals surface area contributed by atoms with Crippen LogP contribution < -0.4 is 5.32 Å². The number of hydrogen-bond acceptors (Lipinski definition) is 5. The number of carbonyl (C=O) groups excluding carboxylic acids is 3. The SMILES string of the molecule is O=C(CN1C(=O)[C@H]2CCCC[C@H]2C1=O)Nc1cc([N+](=O)[O-])ccc1F. The van der Waals surface area contributed by atoms with Crippen LogP contribution in [0.2, 0.25) is 0 Å². The molecule has 3 rings (SSSR count). The number of fused-ring (bicyclic) bond motifs is 1. The Balaban J connectivity index is 1.71. The number of hydrogen-bond donors (Lipinski definition) is 1. The summed E-state index contributed by atoms with van der Waals surface area (Å²) in [6.07, 6.45) is 3.01. The molecule has 1 heterocycles. The zero-order valence-corrected chi connectivity index (χ0v) is 13.2. The van der Waals surface area contributed by atoms with Gasteiger partial charge in [0.05, 0.1) is 22.4 Å². The van der Waals surface area contributed by atoms with Crippen LogP contribution in [0.25, 0.3) is 0 Å². The van der Waals surface area contributed by atoms with Crippen LogP contribution in [0.5, 0.6) is 0 Å². The number of benzene rings is 1. The standard InChI is InChI=1S/C16H16FN3O5/c17-12-6-5-9(20(24)25)7-13(12)18-14(21)8-19-15(22)10-3-1-2-4-11(10)16(19)23/h5-7,10-11H,1-4,8H2,(H,18,21)/t10-,11+. The van der Waals surface area contributed by atoms with Crippen LogP contribution in [-0.4, -0.2) is 34.1 Å². The summed E-state index contributed by atoms with van der Waals surface area (Å²) in [5.74, 6) is -3.10. The molecule has 1 aliphatic heterocycles. The second kappa shape index (κ2) is 6.58. The summed E-state index contributed by atoms with van der Waals surface area (Å²) in [5.41, 5.74) is -0.744. The highest BCUT2D eigenvalue weighted by molar-refractivity contribution is 6.08. The lowest BCUT2D eigenvalue weighted by Gasteiger charge is -2.19. The molecular formula is C16H16FN3O5. The Hall–Kier alpha value is -2.84. The van der Waals surface area contributed by atoms with E-state index in [4.69, 9.17) is 0 Å². The van der Waals surface area contributed by atoms with Gasteiger partial charge in [0.15, 0.2) is 0 Å². The quantitative estimate of drug-likeness (QED) is 0.507. The van der Waals surface area contributed by atoms with E-state index in [0.29, 0.717) is 12.8 Å². The number of likely N-dealkylation sites (tertiary alicyclic amines) is 1. The molecule has 132 valence electrons. The number of nitro benzene ring substituents is 1. The first-order valence-corrected chi connectivity index (χ1v) is 7.97. The van der Waals surface area contributed by atoms with Gasteiger partial charge in [-0.3, -0.25) is 29.4 Å². The number of nitrogens with one attached hydrogen (secondary N) is 1. The van der Waals surface area contributed by atoms with Crippen LogP contribution in [0.15, 0.2) is 18.2 Å². The number of imide groups is 1. The predicted octanol–water partition coefficient (Wildman–Crippen LogP) is 1.85. The maximum absolute atomic E-state index is 13.7. The molecule has 9 heteroatoms. The molecule has 1 saturated heterocycles. The van der Waals surface area contributed by atoms with E-state index in [1.165, 1.54) is 0 Å². The third-order valence-electron chi connectivity index (χ3n) is 4.67. The number of carbonyl (C=O) groups is 3. The Morgan fingerprint density at radius 3 is 2.40 bits per heavy atom. The first-order chi connectivity index (χ1) is 11.9. The Bertz CT molecular complexity index is 742. The van der Waals surface area contributed by atoms with Crippen molar-refractivity contribution in [1.82, 2.24) is 4.90 Å². The summed E-state index contributed by atoms with van der Waals surface area (Å²) in [4.78, 5) is 47.7. The molecule has 3 amide bonds. The maximum Gasteiger partial charge on any atom is 0.271 e. The highest BCUT2D eigenvalue weighted by Crippen LogP contribution is 2.37. The van der Waals surface area contributed by atoms with Gasteiger partial charge in [-0.15, -0.1) is 0 Å². The van der Waals surface area contributed by atoms with Crippen molar-refractivity contribution < 1.29 is 23.7 Å². The summed E-state index contributed by atoms with van der Waals surface area (Å²) >= 11 is 0. The van der Waals surface area contributed by atoms with Crippen molar-refractivity contribution >= 4 is 29.1 Å². The number of rotatable bonds is 4. The maximum atomic E-state index is 13.7. The fourth-order valence-corrected chi connectivity index (χ4v) is 3.44. The van der Waals surface area contributed by atoms with Crippen LogP contribution in [-0.2, 0) is 14.4 Å². The van der Waals surface area contributed by atoms with E-state index in [1.807, 2.05) is 0 Å². The molecule has 2 aliphatic rings. The van der Waals surface area contributed by atoms with E-state index in [9.17, 15) is 28.9 Å². The van der Waals surface area contributed by atoms with Gasteiger partial charge >= 0.3 is 0 Å². The first-order valence-electron chi connectivity index (χ1n) is 7.97. The molecular weight excluding hydrogens is 333 g/mol. The summed E-state index contributed by atoms with van der Waals surface area (Å²) in [6, 6.07) is 2.73. The van der Waals surface area contributed by atoms with Crippen molar-refractivity contribution in [3.8, 4) is 0 Å². The number of nitro groups is 1. The Labute approximate surface area is 142 Å². The van der Waals surface area contributed by atoms with Crippen LogP contribution >= 0.6 is 0 Å². The summed E-state index contributed by atoms with van der Waals surface area (Å²) in [5, 5.41) is 12.9. The van der Waals surface area contributed by atoms with Crippen LogP contribution in [0.3, 0.4) is 0 Å². The molecule has 2 fully saturated rings. The zero-order chi connectivity index (χ0) is 18.1. The van der Waals surface area contributed by atoms with Gasteiger partial charge in [0, 0.05) is 12.1 Å². The van der Waals surface area contributed by atoms with Gasteiger partial charge in [0.1, 0.15) is 12.4 Å². The number of amides is 3. The fraction of sp³-hybridized carbons (Fsp3) is 0.438. The van der Waals surface area contributed by atoms with E-state index < -0.39 is 23.2 Å². The van der Waals surface area contributed by atoms with Gasteiger partial charge < -0.3 is 5.32 Å². The Morgan fingerprint density at radius 2 is 1.84 bits per heavy atom. The Morgan fingerprint density at radius 1 is 1.24 bits per heavy atom. The normalized spacial score (nSPS) is 22.7. The molecule has 1 saturated carbocycles. The topological polar surface area (TPSA) is 110 Å². The van der Waals surface area contributed by atoms with E-state index in [0.717, 1.165) is 35.9 Å². The molecule has 0 aromatic heterocycles. The summed E-state index contributed by atoms with van der Waals surface area (Å²) < 4.78 is 13.7. The van der Waals surface area contributed by atoms with Gasteiger partial charge in [0.25, 0.3) is 5.69 Å². The number of nitrogens with zero attached hydrogens (tertiary/aromatic N) is 2. The molecule has 1 aromatic carbocycles. The van der Waals surface area contributed by atoms with Crippen molar-refractivity contribution in [1.29, 1.82) is 0 Å². The van der Waals surface area contributed by atoms with E-state index >= 15 is 0 Å². The van der Waals surface area contributed by atoms with E-state index in [1.54, 1.807) is 0 Å². The lowest BCUT2D eigenvalue weighted by atomic mass is 9.81. The first kappa shape index (κ1) is 17.0. The number of anilines is 1. The molecule has 0 unspecified atom stereocenters. The van der Waals surface area contributed by atoms with Gasteiger partial charge in [0.2, 0.25) is 17.7 Å². The van der Waals surface area contributed by atoms with E-state index in [-0.39, 0.29) is 35.0 Å². The lowest BCUT2D eigenvalue weighted by molar-refractivity contribution is -0.384. The Kier molecular flexibility index (Phi) is 4.47. The van der Waals surface area contributed by atoms with Crippen molar-refractivity contribution in [2.75, 3.05) is 11.9 Å². The highest BCUT2D eigenvalue weighted by Gasteiger charge is 2.48. The van der Waals surface area contributed by atoms with Crippen molar-refractivity contribution in [2.45, 2.75) is 25.7 Å². The molecule has 0 spiro atoms. The van der Waals surface area contributed by atoms with Gasteiger partial charge in [-0.05, 0) is 18.9 Å². The van der Waals surface area contributed by atoms with Gasteiger partial charge in [-0.25, -0.2) is 4.39 Å². The second-order valence-corrected chi connectivity index (χ2v) is 6.23. The monoisotopic (exact) mass is 349 g/mol. The largest absolute Gasteiger partial charge is 0.322 e. The highest BCUT2D eigenvalue weighted by atomic mass is 19.1. The molecule has 0 bridgehead atoms. The second-order valence-electron chi connectivity index (χ2n) is 6.23. The van der Waals surface area contributed by atoms with Crippen molar-refractivity contribution in [3.63, 3.8) is 0 Å². The lowest BCUT2D eigenvalue weighted by Crippen LogP contribution is -2.38. The minimum Gasteiger partial charge on any atom is -0.322 e. The molecule has 25 heavy (non-hydrogen) atoms. The molecule has 2 atom stereocenters. The van der Waals surface area contributed by atoms with Gasteiger partial charge in [-0.1, -0.05) is 12.8 Å². The smallest absolute Gasteiger partial charge is 0.271 e. The molecule has 1 aliphatic carbocycles. The molecule has 1 N–H and O–H groups in total. The minimum atomic E-state index is -0.841. The zero-order valence-electron chi connectivity index (χ0n) is 13.2. The van der Waals surface area contributed by atoms with E-state index in [2.05, 4.69) is 5.32 Å². The molecule has 1 aromatic rings. The van der Waals surface area contributed by atoms with Crippen LogP contribution in [0, 0.1) is 27.8 Å². The van der Waals surface area contributed by atoms with Crippen molar-refractivity contribution in [2.24, 2.45) is 11.8 Å². The third-order valence-corrected chi connectivity index (χ3v) is 4.67.